The number of aromatic nitrogens is 1. The number of rotatable bonds is 6. The minimum Gasteiger partial charge on any atom is -0.494 e. The molecule has 3 heterocycles. The predicted octanol–water partition coefficient (Wildman–Crippen LogP) is 4.29. The number of benzene rings is 1. The smallest absolute Gasteiger partial charge is 0.270 e. The van der Waals surface area contributed by atoms with E-state index in [2.05, 4.69) is 16.8 Å². The lowest BCUT2D eigenvalue weighted by molar-refractivity contribution is -0.0495. The largest absolute Gasteiger partial charge is 0.494 e. The third-order valence-electron chi connectivity index (χ3n) is 6.15. The third kappa shape index (κ3) is 4.71. The van der Waals surface area contributed by atoms with Crippen molar-refractivity contribution in [1.82, 2.24) is 14.8 Å². The number of carbonyl (C=O) groups is 1. The fraction of sp³-hybridized carbons (Fsp3) is 0.591. The Morgan fingerprint density at radius 1 is 1.24 bits per heavy atom. The summed E-state index contributed by atoms with van der Waals surface area (Å²) >= 11 is 0. The van der Waals surface area contributed by atoms with Crippen LogP contribution < -0.4 is 4.74 Å². The molecule has 7 heteroatoms. The molecule has 29 heavy (non-hydrogen) atoms. The molecule has 2 aliphatic heterocycles. The van der Waals surface area contributed by atoms with Gasteiger partial charge in [-0.25, -0.2) is 8.78 Å². The minimum absolute atomic E-state index is 0.0885. The van der Waals surface area contributed by atoms with Crippen molar-refractivity contribution in [1.29, 1.82) is 0 Å². The van der Waals surface area contributed by atoms with E-state index >= 15 is 0 Å². The molecule has 5 nitrogen and oxygen atoms in total. The number of ether oxygens (including phenoxy) is 1. The number of fused-ring (bicyclic) bond motifs is 1. The number of amides is 1. The molecule has 2 fully saturated rings. The van der Waals surface area contributed by atoms with Gasteiger partial charge >= 0.3 is 0 Å². The van der Waals surface area contributed by atoms with Crippen LogP contribution in [0.2, 0.25) is 0 Å². The molecule has 0 radical (unpaired) electrons. The summed E-state index contributed by atoms with van der Waals surface area (Å²) in [5, 5.41) is 0.890. The van der Waals surface area contributed by atoms with Gasteiger partial charge in [-0.3, -0.25) is 4.79 Å². The molecule has 0 bridgehead atoms. The zero-order valence-corrected chi connectivity index (χ0v) is 16.9. The topological polar surface area (TPSA) is 48.6 Å². The quantitative estimate of drug-likeness (QED) is 0.730. The van der Waals surface area contributed by atoms with Crippen LogP contribution >= 0.6 is 0 Å². The summed E-state index contributed by atoms with van der Waals surface area (Å²) in [5.41, 5.74) is 1.28. The molecule has 1 unspecified atom stereocenters. The molecule has 0 saturated carbocycles. The maximum Gasteiger partial charge on any atom is 0.270 e. The molecule has 0 spiro atoms. The van der Waals surface area contributed by atoms with Gasteiger partial charge in [0.15, 0.2) is 0 Å². The van der Waals surface area contributed by atoms with E-state index in [1.54, 1.807) is 6.07 Å². The predicted molar refractivity (Wildman–Crippen MR) is 109 cm³/mol. The Morgan fingerprint density at radius 3 is 2.76 bits per heavy atom. The van der Waals surface area contributed by atoms with Crippen LogP contribution in [0.4, 0.5) is 8.78 Å². The van der Waals surface area contributed by atoms with Gasteiger partial charge in [-0.05, 0) is 57.0 Å². The number of likely N-dealkylation sites (tertiary alicyclic amines) is 2. The molecular weight excluding hydrogens is 376 g/mol. The van der Waals surface area contributed by atoms with E-state index in [-0.39, 0.29) is 31.8 Å². The number of nitrogens with one attached hydrogen (secondary N) is 1. The second-order valence-electron chi connectivity index (χ2n) is 8.31. The Kier molecular flexibility index (Phi) is 5.76. The van der Waals surface area contributed by atoms with Gasteiger partial charge in [-0.15, -0.1) is 0 Å². The fourth-order valence-corrected chi connectivity index (χ4v) is 4.31. The van der Waals surface area contributed by atoms with Gasteiger partial charge in [-0.2, -0.15) is 0 Å². The van der Waals surface area contributed by atoms with E-state index in [0.29, 0.717) is 18.3 Å². The molecule has 0 aliphatic carbocycles. The van der Waals surface area contributed by atoms with E-state index < -0.39 is 5.92 Å². The number of piperidine rings is 1. The van der Waals surface area contributed by atoms with Crippen molar-refractivity contribution in [3.05, 3.63) is 30.0 Å². The first-order chi connectivity index (χ1) is 13.9. The van der Waals surface area contributed by atoms with Crippen molar-refractivity contribution in [3.63, 3.8) is 0 Å². The van der Waals surface area contributed by atoms with Crippen LogP contribution in [0.15, 0.2) is 24.3 Å². The summed E-state index contributed by atoms with van der Waals surface area (Å²) in [5.74, 6) is -2.10. The number of carbonyl (C=O) groups excluding carboxylic acids is 1. The molecule has 1 N–H and O–H groups in total. The zero-order valence-electron chi connectivity index (χ0n) is 16.9. The standard InChI is InChI=1S/C22H29F2N3O2/c1-16-4-2-9-26(16)10-3-13-29-18-5-6-19-17(14-18)15-20(25-19)21(28)27-11-7-22(23,24)8-12-27/h5-6,14-16,25H,2-4,7-13H2,1H3. The molecule has 1 amide bonds. The van der Waals surface area contributed by atoms with Crippen LogP contribution in [0.5, 0.6) is 5.75 Å². The van der Waals surface area contributed by atoms with E-state index in [4.69, 9.17) is 4.74 Å². The van der Waals surface area contributed by atoms with Gasteiger partial charge in [0.05, 0.1) is 6.61 Å². The van der Waals surface area contributed by atoms with Gasteiger partial charge in [0, 0.05) is 49.4 Å². The van der Waals surface area contributed by atoms with E-state index in [1.165, 1.54) is 24.3 Å². The maximum atomic E-state index is 13.3. The van der Waals surface area contributed by atoms with Crippen LogP contribution in [0.3, 0.4) is 0 Å². The molecule has 1 atom stereocenters. The number of halogens is 2. The highest BCUT2D eigenvalue weighted by Gasteiger charge is 2.36. The number of hydrogen-bond donors (Lipinski definition) is 1. The Balaban J connectivity index is 1.33. The molecule has 4 rings (SSSR count). The second kappa shape index (κ2) is 8.30. The first kappa shape index (κ1) is 20.1. The van der Waals surface area contributed by atoms with Crippen LogP contribution in [0.1, 0.15) is 49.5 Å². The number of H-pyrrole nitrogens is 1. The van der Waals surface area contributed by atoms with Gasteiger partial charge in [0.25, 0.3) is 11.8 Å². The van der Waals surface area contributed by atoms with E-state index in [0.717, 1.165) is 29.6 Å². The summed E-state index contributed by atoms with van der Waals surface area (Å²) in [7, 11) is 0. The number of nitrogens with zero attached hydrogens (tertiary/aromatic N) is 2. The number of hydrogen-bond acceptors (Lipinski definition) is 3. The molecule has 2 aliphatic rings. The van der Waals surface area contributed by atoms with E-state index in [9.17, 15) is 13.6 Å². The Hall–Kier alpha value is -2.15. The molecule has 158 valence electrons. The third-order valence-corrected chi connectivity index (χ3v) is 6.15. The minimum atomic E-state index is -2.66. The van der Waals surface area contributed by atoms with Crippen molar-refractivity contribution in [3.8, 4) is 5.75 Å². The van der Waals surface area contributed by atoms with Crippen molar-refractivity contribution in [2.24, 2.45) is 0 Å². The summed E-state index contributed by atoms with van der Waals surface area (Å²) in [6.07, 6.45) is 3.01. The highest BCUT2D eigenvalue weighted by Crippen LogP contribution is 2.29. The monoisotopic (exact) mass is 405 g/mol. The van der Waals surface area contributed by atoms with Crippen LogP contribution in [-0.4, -0.2) is 65.4 Å². The fourth-order valence-electron chi connectivity index (χ4n) is 4.31. The Bertz CT molecular complexity index is 857. The summed E-state index contributed by atoms with van der Waals surface area (Å²) in [6, 6.07) is 8.17. The lowest BCUT2D eigenvalue weighted by Gasteiger charge is -2.31. The van der Waals surface area contributed by atoms with Crippen molar-refractivity contribution >= 4 is 16.8 Å². The van der Waals surface area contributed by atoms with Crippen LogP contribution in [0.25, 0.3) is 10.9 Å². The van der Waals surface area contributed by atoms with Crippen molar-refractivity contribution in [2.45, 2.75) is 51.0 Å². The lowest BCUT2D eigenvalue weighted by Crippen LogP contribution is -2.42. The Labute approximate surface area is 170 Å². The van der Waals surface area contributed by atoms with Gasteiger partial charge < -0.3 is 19.5 Å². The zero-order chi connectivity index (χ0) is 20.4. The number of alkyl halides is 2. The number of aromatic amines is 1. The average Bonchev–Trinajstić information content (AvgIpc) is 3.30. The summed E-state index contributed by atoms with van der Waals surface area (Å²) < 4.78 is 32.6. The SMILES string of the molecule is CC1CCCN1CCCOc1ccc2[nH]c(C(=O)N3CCC(F)(F)CC3)cc2c1. The molecule has 1 aromatic heterocycles. The molecule has 2 aromatic rings. The maximum absolute atomic E-state index is 13.3. The first-order valence-corrected chi connectivity index (χ1v) is 10.6. The second-order valence-corrected chi connectivity index (χ2v) is 8.31. The van der Waals surface area contributed by atoms with Crippen molar-refractivity contribution in [2.75, 3.05) is 32.8 Å². The average molecular weight is 405 g/mol. The summed E-state index contributed by atoms with van der Waals surface area (Å²) in [4.78, 5) is 19.8. The molecular formula is C22H29F2N3O2. The summed E-state index contributed by atoms with van der Waals surface area (Å²) in [6.45, 7) is 5.36. The highest BCUT2D eigenvalue weighted by atomic mass is 19.3. The van der Waals surface area contributed by atoms with Crippen molar-refractivity contribution < 1.29 is 18.3 Å². The lowest BCUT2D eigenvalue weighted by atomic mass is 10.1. The van der Waals surface area contributed by atoms with Gasteiger partial charge in [0.2, 0.25) is 0 Å². The van der Waals surface area contributed by atoms with Crippen LogP contribution in [-0.2, 0) is 0 Å². The van der Waals surface area contributed by atoms with E-state index in [1.807, 2.05) is 18.2 Å². The van der Waals surface area contributed by atoms with Gasteiger partial charge in [0.1, 0.15) is 11.4 Å². The normalized spacial score (nSPS) is 22.3. The van der Waals surface area contributed by atoms with Crippen LogP contribution in [0, 0.1) is 0 Å². The first-order valence-electron chi connectivity index (χ1n) is 10.6. The molecule has 2 saturated heterocycles. The van der Waals surface area contributed by atoms with Gasteiger partial charge in [-0.1, -0.05) is 0 Å². The molecule has 1 aromatic carbocycles. The Morgan fingerprint density at radius 2 is 2.03 bits per heavy atom. The highest BCUT2D eigenvalue weighted by molar-refractivity contribution is 5.98.